The SMILES string of the molecule is CCCCCCCCc1ccc[n+](C)c1C. The van der Waals surface area contributed by atoms with Gasteiger partial charge in [0.15, 0.2) is 11.9 Å². The summed E-state index contributed by atoms with van der Waals surface area (Å²) in [6.45, 7) is 4.49. The maximum absolute atomic E-state index is 2.27. The number of hydrogen-bond donors (Lipinski definition) is 0. The fourth-order valence-electron chi connectivity index (χ4n) is 2.11. The molecule has 1 aromatic heterocycles. The second kappa shape index (κ2) is 7.43. The Kier molecular flexibility index (Phi) is 6.14. The van der Waals surface area contributed by atoms with E-state index in [9.17, 15) is 0 Å². The maximum Gasteiger partial charge on any atom is 0.181 e. The van der Waals surface area contributed by atoms with Gasteiger partial charge in [0, 0.05) is 18.6 Å². The Balaban J connectivity index is 2.24. The lowest BCUT2D eigenvalue weighted by molar-refractivity contribution is -0.678. The van der Waals surface area contributed by atoms with Crippen LogP contribution in [0, 0.1) is 6.92 Å². The third-order valence-electron chi connectivity index (χ3n) is 3.40. The van der Waals surface area contributed by atoms with Gasteiger partial charge in [-0.1, -0.05) is 39.0 Å². The monoisotopic (exact) mass is 220 g/mol. The Morgan fingerprint density at radius 1 is 1.06 bits per heavy atom. The highest BCUT2D eigenvalue weighted by atomic mass is 14.9. The summed E-state index contributed by atoms with van der Waals surface area (Å²) >= 11 is 0. The molecule has 0 saturated carbocycles. The molecule has 0 bridgehead atoms. The van der Waals surface area contributed by atoms with Crippen molar-refractivity contribution in [2.75, 3.05) is 0 Å². The molecule has 1 rings (SSSR count). The molecule has 0 amide bonds. The van der Waals surface area contributed by atoms with E-state index in [4.69, 9.17) is 0 Å². The Bertz CT molecular complexity index is 304. The van der Waals surface area contributed by atoms with E-state index in [1.165, 1.54) is 56.2 Å². The fraction of sp³-hybridized carbons (Fsp3) is 0.667. The molecule has 0 aliphatic rings. The molecule has 0 unspecified atom stereocenters. The molecule has 0 aliphatic carbocycles. The number of aromatic nitrogens is 1. The molecule has 0 fully saturated rings. The molecule has 90 valence electrons. The predicted octanol–water partition coefficient (Wildman–Crippen LogP) is 3.72. The molecular weight excluding hydrogens is 194 g/mol. The number of hydrogen-bond acceptors (Lipinski definition) is 0. The van der Waals surface area contributed by atoms with Crippen LogP contribution in [-0.4, -0.2) is 0 Å². The summed E-state index contributed by atoms with van der Waals surface area (Å²) in [6, 6.07) is 4.42. The van der Waals surface area contributed by atoms with Crippen LogP contribution in [0.3, 0.4) is 0 Å². The minimum absolute atomic E-state index is 1.24. The highest BCUT2D eigenvalue weighted by Crippen LogP contribution is 2.10. The molecular formula is C15H26N+. The van der Waals surface area contributed by atoms with Crippen molar-refractivity contribution in [2.24, 2.45) is 7.05 Å². The molecule has 0 N–H and O–H groups in total. The summed E-state index contributed by atoms with van der Waals surface area (Å²) in [4.78, 5) is 0. The van der Waals surface area contributed by atoms with Crippen molar-refractivity contribution < 1.29 is 4.57 Å². The van der Waals surface area contributed by atoms with Crippen molar-refractivity contribution >= 4 is 0 Å². The first-order chi connectivity index (χ1) is 7.75. The lowest BCUT2D eigenvalue weighted by atomic mass is 10.0. The van der Waals surface area contributed by atoms with E-state index in [-0.39, 0.29) is 0 Å². The minimum Gasteiger partial charge on any atom is -0.205 e. The van der Waals surface area contributed by atoms with E-state index in [1.54, 1.807) is 0 Å². The zero-order valence-corrected chi connectivity index (χ0v) is 11.1. The minimum atomic E-state index is 1.24. The second-order valence-corrected chi connectivity index (χ2v) is 4.75. The van der Waals surface area contributed by atoms with Crippen LogP contribution in [0.5, 0.6) is 0 Å². The molecule has 0 spiro atoms. The molecule has 1 heterocycles. The summed E-state index contributed by atoms with van der Waals surface area (Å²) in [5.74, 6) is 0. The number of unbranched alkanes of at least 4 members (excludes halogenated alkanes) is 5. The average molecular weight is 220 g/mol. The van der Waals surface area contributed by atoms with Gasteiger partial charge in [-0.3, -0.25) is 0 Å². The smallest absolute Gasteiger partial charge is 0.181 e. The van der Waals surface area contributed by atoms with Crippen LogP contribution < -0.4 is 4.57 Å². The van der Waals surface area contributed by atoms with Gasteiger partial charge in [0.05, 0.1) is 0 Å². The molecule has 1 nitrogen and oxygen atoms in total. The molecule has 0 aliphatic heterocycles. The van der Waals surface area contributed by atoms with Gasteiger partial charge < -0.3 is 0 Å². The molecule has 0 radical (unpaired) electrons. The highest BCUT2D eigenvalue weighted by Gasteiger charge is 2.06. The van der Waals surface area contributed by atoms with E-state index < -0.39 is 0 Å². The summed E-state index contributed by atoms with van der Waals surface area (Å²) in [7, 11) is 2.13. The summed E-state index contributed by atoms with van der Waals surface area (Å²) < 4.78 is 2.21. The molecule has 1 aromatic rings. The van der Waals surface area contributed by atoms with E-state index in [2.05, 4.69) is 43.8 Å². The number of aryl methyl sites for hydroxylation is 2. The first-order valence-corrected chi connectivity index (χ1v) is 6.70. The summed E-state index contributed by atoms with van der Waals surface area (Å²) in [5, 5.41) is 0. The van der Waals surface area contributed by atoms with E-state index in [0.29, 0.717) is 0 Å². The van der Waals surface area contributed by atoms with Gasteiger partial charge in [-0.25, -0.2) is 4.57 Å². The lowest BCUT2D eigenvalue weighted by Crippen LogP contribution is -2.32. The van der Waals surface area contributed by atoms with Crippen LogP contribution in [0.15, 0.2) is 18.3 Å². The number of pyridine rings is 1. The fourth-order valence-corrected chi connectivity index (χ4v) is 2.11. The van der Waals surface area contributed by atoms with Crippen LogP contribution >= 0.6 is 0 Å². The van der Waals surface area contributed by atoms with Crippen LogP contribution in [0.1, 0.15) is 56.7 Å². The Hall–Kier alpha value is -0.850. The van der Waals surface area contributed by atoms with Crippen molar-refractivity contribution in [1.29, 1.82) is 0 Å². The van der Waals surface area contributed by atoms with Crippen LogP contribution in [-0.2, 0) is 13.5 Å². The van der Waals surface area contributed by atoms with Crippen molar-refractivity contribution in [3.63, 3.8) is 0 Å². The molecule has 0 saturated heterocycles. The Morgan fingerprint density at radius 3 is 2.50 bits per heavy atom. The van der Waals surface area contributed by atoms with Gasteiger partial charge in [-0.05, 0) is 18.9 Å². The largest absolute Gasteiger partial charge is 0.205 e. The van der Waals surface area contributed by atoms with Crippen LogP contribution in [0.25, 0.3) is 0 Å². The quantitative estimate of drug-likeness (QED) is 0.487. The number of nitrogens with zero attached hydrogens (tertiary/aromatic N) is 1. The van der Waals surface area contributed by atoms with E-state index in [0.717, 1.165) is 0 Å². The number of rotatable bonds is 7. The summed E-state index contributed by atoms with van der Waals surface area (Å²) in [5.41, 5.74) is 2.93. The van der Waals surface area contributed by atoms with Gasteiger partial charge >= 0.3 is 0 Å². The predicted molar refractivity (Wildman–Crippen MR) is 69.4 cm³/mol. The first-order valence-electron chi connectivity index (χ1n) is 6.70. The lowest BCUT2D eigenvalue weighted by Gasteiger charge is -2.03. The Morgan fingerprint density at radius 2 is 1.75 bits per heavy atom. The van der Waals surface area contributed by atoms with Crippen LogP contribution in [0.4, 0.5) is 0 Å². The molecule has 1 heteroatoms. The van der Waals surface area contributed by atoms with E-state index >= 15 is 0 Å². The third kappa shape index (κ3) is 4.34. The van der Waals surface area contributed by atoms with Crippen molar-refractivity contribution in [1.82, 2.24) is 0 Å². The topological polar surface area (TPSA) is 3.88 Å². The van der Waals surface area contributed by atoms with Gasteiger partial charge in [0.25, 0.3) is 0 Å². The third-order valence-corrected chi connectivity index (χ3v) is 3.40. The Labute approximate surface area is 101 Å². The second-order valence-electron chi connectivity index (χ2n) is 4.75. The maximum atomic E-state index is 2.27. The van der Waals surface area contributed by atoms with Gasteiger partial charge in [-0.15, -0.1) is 0 Å². The highest BCUT2D eigenvalue weighted by molar-refractivity contribution is 5.14. The van der Waals surface area contributed by atoms with Crippen LogP contribution in [0.2, 0.25) is 0 Å². The van der Waals surface area contributed by atoms with Crippen molar-refractivity contribution in [2.45, 2.75) is 58.8 Å². The summed E-state index contributed by atoms with van der Waals surface area (Å²) in [6.07, 6.45) is 11.7. The molecule has 0 aromatic carbocycles. The van der Waals surface area contributed by atoms with Crippen molar-refractivity contribution in [3.05, 3.63) is 29.6 Å². The van der Waals surface area contributed by atoms with E-state index in [1.807, 2.05) is 0 Å². The normalized spacial score (nSPS) is 10.7. The van der Waals surface area contributed by atoms with Gasteiger partial charge in [0.1, 0.15) is 7.05 Å². The first kappa shape index (κ1) is 13.2. The van der Waals surface area contributed by atoms with Gasteiger partial charge in [0.2, 0.25) is 0 Å². The molecule has 16 heavy (non-hydrogen) atoms. The zero-order chi connectivity index (χ0) is 11.8. The van der Waals surface area contributed by atoms with Crippen molar-refractivity contribution in [3.8, 4) is 0 Å². The average Bonchev–Trinajstić information content (AvgIpc) is 2.29. The standard InChI is InChI=1S/C15H26N/c1-4-5-6-7-8-9-11-15-12-10-13-16(3)14(15)2/h10,12-13H,4-9,11H2,1-3H3/q+1. The molecule has 0 atom stereocenters. The van der Waals surface area contributed by atoms with Gasteiger partial charge in [-0.2, -0.15) is 0 Å². The zero-order valence-electron chi connectivity index (χ0n) is 11.1.